The molecule has 0 saturated heterocycles. The Labute approximate surface area is 81.1 Å². The Balaban J connectivity index is 2.16. The molecule has 0 aliphatic carbocycles. The molecule has 0 aromatic carbocycles. The molecular weight excluding hydrogens is 180 g/mol. The molecule has 0 N–H and O–H groups in total. The van der Waals surface area contributed by atoms with Crippen LogP contribution in [0.5, 0.6) is 0 Å². The quantitative estimate of drug-likeness (QED) is 0.724. The van der Waals surface area contributed by atoms with E-state index in [1.807, 2.05) is 36.4 Å². The highest BCUT2D eigenvalue weighted by Crippen LogP contribution is 2.22. The van der Waals surface area contributed by atoms with Crippen LogP contribution >= 0.6 is 11.8 Å². The second kappa shape index (κ2) is 4.05. The standard InChI is InChI=1S/C10H8N2S/c1-3-7-11-9(5-1)13-10-6-2-4-8-12-10/h1-8H. The summed E-state index contributed by atoms with van der Waals surface area (Å²) in [5.74, 6) is 0. The lowest BCUT2D eigenvalue weighted by atomic mass is 10.5. The van der Waals surface area contributed by atoms with Crippen LogP contribution in [-0.4, -0.2) is 9.97 Å². The molecule has 0 unspecified atom stereocenters. The minimum atomic E-state index is 0.973. The summed E-state index contributed by atoms with van der Waals surface area (Å²) in [5.41, 5.74) is 0. The van der Waals surface area contributed by atoms with Gasteiger partial charge in [0.15, 0.2) is 0 Å². The van der Waals surface area contributed by atoms with Gasteiger partial charge in [0.2, 0.25) is 0 Å². The second-order valence-corrected chi connectivity index (χ2v) is 3.48. The second-order valence-electron chi connectivity index (χ2n) is 2.44. The first-order valence-corrected chi connectivity index (χ1v) is 4.77. The molecule has 0 atom stereocenters. The van der Waals surface area contributed by atoms with Gasteiger partial charge in [-0.2, -0.15) is 0 Å². The fourth-order valence-corrected chi connectivity index (χ4v) is 1.66. The van der Waals surface area contributed by atoms with E-state index in [1.54, 1.807) is 24.2 Å². The fourth-order valence-electron chi connectivity index (χ4n) is 0.922. The molecule has 2 aromatic heterocycles. The van der Waals surface area contributed by atoms with Crippen molar-refractivity contribution in [2.45, 2.75) is 10.1 Å². The maximum atomic E-state index is 4.20. The number of nitrogens with zero attached hydrogens (tertiary/aromatic N) is 2. The summed E-state index contributed by atoms with van der Waals surface area (Å²) in [7, 11) is 0. The van der Waals surface area contributed by atoms with Gasteiger partial charge in [-0.3, -0.25) is 0 Å². The summed E-state index contributed by atoms with van der Waals surface area (Å²) in [6, 6.07) is 11.7. The van der Waals surface area contributed by atoms with Crippen LogP contribution in [0.15, 0.2) is 58.8 Å². The Morgan fingerprint density at radius 2 is 1.31 bits per heavy atom. The highest BCUT2D eigenvalue weighted by atomic mass is 32.2. The fraction of sp³-hybridized carbons (Fsp3) is 0. The molecule has 3 heteroatoms. The Morgan fingerprint density at radius 1 is 0.769 bits per heavy atom. The lowest BCUT2D eigenvalue weighted by molar-refractivity contribution is 1.09. The maximum Gasteiger partial charge on any atom is 0.102 e. The zero-order valence-electron chi connectivity index (χ0n) is 6.92. The predicted octanol–water partition coefficient (Wildman–Crippen LogP) is 2.63. The third-order valence-corrected chi connectivity index (χ3v) is 2.39. The van der Waals surface area contributed by atoms with Crippen molar-refractivity contribution in [3.63, 3.8) is 0 Å². The molecule has 2 rings (SSSR count). The first-order valence-electron chi connectivity index (χ1n) is 3.95. The first kappa shape index (κ1) is 8.26. The lowest BCUT2D eigenvalue weighted by Crippen LogP contribution is -1.79. The molecule has 2 nitrogen and oxygen atoms in total. The first-order chi connectivity index (χ1) is 6.45. The van der Waals surface area contributed by atoms with Crippen LogP contribution in [-0.2, 0) is 0 Å². The van der Waals surface area contributed by atoms with E-state index in [-0.39, 0.29) is 0 Å². The van der Waals surface area contributed by atoms with Crippen molar-refractivity contribution >= 4 is 11.8 Å². The van der Waals surface area contributed by atoms with Crippen LogP contribution in [0.25, 0.3) is 0 Å². The number of pyridine rings is 2. The van der Waals surface area contributed by atoms with E-state index >= 15 is 0 Å². The minimum Gasteiger partial charge on any atom is -0.250 e. The van der Waals surface area contributed by atoms with E-state index < -0.39 is 0 Å². The zero-order chi connectivity index (χ0) is 8.93. The molecular formula is C10H8N2S. The predicted molar refractivity (Wildman–Crippen MR) is 52.6 cm³/mol. The number of hydrogen-bond acceptors (Lipinski definition) is 3. The molecule has 0 aliphatic heterocycles. The van der Waals surface area contributed by atoms with Gasteiger partial charge in [0.05, 0.1) is 0 Å². The van der Waals surface area contributed by atoms with Gasteiger partial charge in [-0.05, 0) is 24.3 Å². The van der Waals surface area contributed by atoms with Crippen molar-refractivity contribution < 1.29 is 0 Å². The van der Waals surface area contributed by atoms with Gasteiger partial charge >= 0.3 is 0 Å². The van der Waals surface area contributed by atoms with Crippen molar-refractivity contribution in [1.82, 2.24) is 9.97 Å². The van der Waals surface area contributed by atoms with Crippen molar-refractivity contribution in [2.24, 2.45) is 0 Å². The molecule has 0 bridgehead atoms. The summed E-state index contributed by atoms with van der Waals surface area (Å²) < 4.78 is 0. The van der Waals surface area contributed by atoms with Gasteiger partial charge in [0.1, 0.15) is 10.1 Å². The molecule has 64 valence electrons. The van der Waals surface area contributed by atoms with Crippen molar-refractivity contribution in [1.29, 1.82) is 0 Å². The van der Waals surface area contributed by atoms with Gasteiger partial charge in [-0.25, -0.2) is 9.97 Å². The van der Waals surface area contributed by atoms with Gasteiger partial charge in [-0.15, -0.1) is 0 Å². The van der Waals surface area contributed by atoms with E-state index in [9.17, 15) is 0 Å². The Hall–Kier alpha value is -1.35. The van der Waals surface area contributed by atoms with Gasteiger partial charge in [-0.1, -0.05) is 23.9 Å². The average Bonchev–Trinajstić information content (AvgIpc) is 2.21. The zero-order valence-corrected chi connectivity index (χ0v) is 7.74. The van der Waals surface area contributed by atoms with Gasteiger partial charge < -0.3 is 0 Å². The van der Waals surface area contributed by atoms with Crippen LogP contribution in [0.2, 0.25) is 0 Å². The van der Waals surface area contributed by atoms with Crippen LogP contribution in [0.3, 0.4) is 0 Å². The summed E-state index contributed by atoms with van der Waals surface area (Å²) >= 11 is 1.57. The van der Waals surface area contributed by atoms with Crippen molar-refractivity contribution in [3.8, 4) is 0 Å². The summed E-state index contributed by atoms with van der Waals surface area (Å²) in [6.45, 7) is 0. The molecule has 0 aliphatic rings. The van der Waals surface area contributed by atoms with E-state index in [4.69, 9.17) is 0 Å². The van der Waals surface area contributed by atoms with Gasteiger partial charge in [0, 0.05) is 12.4 Å². The number of rotatable bonds is 2. The molecule has 2 aromatic rings. The lowest BCUT2D eigenvalue weighted by Gasteiger charge is -1.97. The minimum absolute atomic E-state index is 0.973. The molecule has 0 fully saturated rings. The molecule has 0 amide bonds. The number of hydrogen-bond donors (Lipinski definition) is 0. The largest absolute Gasteiger partial charge is 0.250 e. The Bertz CT molecular complexity index is 324. The topological polar surface area (TPSA) is 25.8 Å². The van der Waals surface area contributed by atoms with Crippen LogP contribution in [0.1, 0.15) is 0 Å². The van der Waals surface area contributed by atoms with Crippen LogP contribution in [0.4, 0.5) is 0 Å². The number of aromatic nitrogens is 2. The molecule has 2 heterocycles. The third kappa shape index (κ3) is 2.29. The Kier molecular flexibility index (Phi) is 2.57. The SMILES string of the molecule is c1ccc(Sc2ccccn2)nc1. The smallest absolute Gasteiger partial charge is 0.102 e. The average molecular weight is 188 g/mol. The summed E-state index contributed by atoms with van der Waals surface area (Å²) in [4.78, 5) is 8.39. The van der Waals surface area contributed by atoms with E-state index in [0.29, 0.717) is 0 Å². The monoisotopic (exact) mass is 188 g/mol. The highest BCUT2D eigenvalue weighted by molar-refractivity contribution is 7.99. The van der Waals surface area contributed by atoms with E-state index in [2.05, 4.69) is 9.97 Å². The molecule has 0 radical (unpaired) electrons. The van der Waals surface area contributed by atoms with Crippen LogP contribution < -0.4 is 0 Å². The van der Waals surface area contributed by atoms with E-state index in [1.165, 1.54) is 0 Å². The third-order valence-electron chi connectivity index (χ3n) is 1.48. The van der Waals surface area contributed by atoms with E-state index in [0.717, 1.165) is 10.1 Å². The summed E-state index contributed by atoms with van der Waals surface area (Å²) in [5, 5.41) is 1.95. The molecule has 13 heavy (non-hydrogen) atoms. The normalized spacial score (nSPS) is 9.85. The van der Waals surface area contributed by atoms with Crippen molar-refractivity contribution in [2.75, 3.05) is 0 Å². The molecule has 0 spiro atoms. The molecule has 0 saturated carbocycles. The Morgan fingerprint density at radius 3 is 1.69 bits per heavy atom. The highest BCUT2D eigenvalue weighted by Gasteiger charge is 1.96. The maximum absolute atomic E-state index is 4.20. The summed E-state index contributed by atoms with van der Waals surface area (Å²) in [6.07, 6.45) is 3.57. The van der Waals surface area contributed by atoms with Crippen molar-refractivity contribution in [3.05, 3.63) is 48.8 Å². The van der Waals surface area contributed by atoms with Crippen LogP contribution in [0, 0.1) is 0 Å². The van der Waals surface area contributed by atoms with Gasteiger partial charge in [0.25, 0.3) is 0 Å².